The second-order valence-corrected chi connectivity index (χ2v) is 6.83. The van der Waals surface area contributed by atoms with E-state index in [0.717, 1.165) is 25.4 Å². The predicted molar refractivity (Wildman–Crippen MR) is 79.0 cm³/mol. The van der Waals surface area contributed by atoms with Crippen LogP contribution in [-0.2, 0) is 4.79 Å². The van der Waals surface area contributed by atoms with E-state index in [9.17, 15) is 4.79 Å². The second-order valence-electron chi connectivity index (χ2n) is 6.83. The van der Waals surface area contributed by atoms with Gasteiger partial charge in [0.2, 0.25) is 5.91 Å². The van der Waals surface area contributed by atoms with E-state index in [2.05, 4.69) is 32.6 Å². The molecular formula is C16H30N2O. The Morgan fingerprint density at radius 3 is 2.42 bits per heavy atom. The fourth-order valence-corrected chi connectivity index (χ4v) is 3.69. The van der Waals surface area contributed by atoms with Gasteiger partial charge in [-0.3, -0.25) is 4.79 Å². The van der Waals surface area contributed by atoms with Gasteiger partial charge in [0.05, 0.1) is 5.41 Å². The van der Waals surface area contributed by atoms with Crippen molar-refractivity contribution in [3.8, 4) is 0 Å². The van der Waals surface area contributed by atoms with E-state index < -0.39 is 0 Å². The number of likely N-dealkylation sites (tertiary alicyclic amines) is 2. The van der Waals surface area contributed by atoms with Crippen molar-refractivity contribution in [1.29, 1.82) is 0 Å². The molecule has 2 heterocycles. The molecule has 0 bridgehead atoms. The lowest BCUT2D eigenvalue weighted by Gasteiger charge is -2.55. The minimum atomic E-state index is -0.0193. The van der Waals surface area contributed by atoms with Crippen molar-refractivity contribution in [3.63, 3.8) is 0 Å². The van der Waals surface area contributed by atoms with Crippen LogP contribution in [0.3, 0.4) is 0 Å². The molecule has 0 aromatic heterocycles. The van der Waals surface area contributed by atoms with Crippen LogP contribution in [0.15, 0.2) is 0 Å². The molecular weight excluding hydrogens is 236 g/mol. The molecule has 0 aromatic rings. The van der Waals surface area contributed by atoms with Crippen LogP contribution in [0.5, 0.6) is 0 Å². The molecule has 3 heteroatoms. The molecule has 19 heavy (non-hydrogen) atoms. The summed E-state index contributed by atoms with van der Waals surface area (Å²) in [7, 11) is 0. The Morgan fingerprint density at radius 1 is 1.21 bits per heavy atom. The first-order chi connectivity index (χ1) is 9.02. The standard InChI is InChI=1S/C16H30N2O/c1-5-14(6-2)10-17-9-7-8-16(11-17)12-18(13(3)4)15(16)19/h13-14H,5-12H2,1-4H3/t16-/m1/s1. The fourth-order valence-electron chi connectivity index (χ4n) is 3.69. The molecule has 2 aliphatic heterocycles. The summed E-state index contributed by atoms with van der Waals surface area (Å²) in [4.78, 5) is 17.0. The van der Waals surface area contributed by atoms with Crippen LogP contribution in [-0.4, -0.2) is 47.9 Å². The highest BCUT2D eigenvalue weighted by atomic mass is 16.2. The Morgan fingerprint density at radius 2 is 1.89 bits per heavy atom. The van der Waals surface area contributed by atoms with Crippen molar-refractivity contribution in [2.24, 2.45) is 11.3 Å². The summed E-state index contributed by atoms with van der Waals surface area (Å²) < 4.78 is 0. The van der Waals surface area contributed by atoms with E-state index in [1.165, 1.54) is 32.4 Å². The molecule has 0 aromatic carbocycles. The lowest BCUT2D eigenvalue weighted by molar-refractivity contribution is -0.169. The predicted octanol–water partition coefficient (Wildman–Crippen LogP) is 2.76. The van der Waals surface area contributed by atoms with Crippen LogP contribution in [0.2, 0.25) is 0 Å². The van der Waals surface area contributed by atoms with Gasteiger partial charge in [-0.2, -0.15) is 0 Å². The zero-order valence-electron chi connectivity index (χ0n) is 13.1. The van der Waals surface area contributed by atoms with Crippen LogP contribution < -0.4 is 0 Å². The van der Waals surface area contributed by atoms with Crippen molar-refractivity contribution >= 4 is 5.91 Å². The minimum absolute atomic E-state index is 0.0193. The number of hydrogen-bond donors (Lipinski definition) is 0. The summed E-state index contributed by atoms with van der Waals surface area (Å²) >= 11 is 0. The zero-order valence-corrected chi connectivity index (χ0v) is 13.1. The average molecular weight is 266 g/mol. The number of carbonyl (C=O) groups is 1. The quantitative estimate of drug-likeness (QED) is 0.714. The van der Waals surface area contributed by atoms with E-state index >= 15 is 0 Å². The molecule has 1 spiro atoms. The van der Waals surface area contributed by atoms with Gasteiger partial charge in [-0.1, -0.05) is 26.7 Å². The van der Waals surface area contributed by atoms with Gasteiger partial charge in [-0.05, 0) is 39.2 Å². The fraction of sp³-hybridized carbons (Fsp3) is 0.938. The number of amides is 1. The van der Waals surface area contributed by atoms with Crippen LogP contribution in [0.4, 0.5) is 0 Å². The molecule has 1 amide bonds. The van der Waals surface area contributed by atoms with Crippen molar-refractivity contribution in [1.82, 2.24) is 9.80 Å². The molecule has 110 valence electrons. The third-order valence-corrected chi connectivity index (χ3v) is 5.14. The molecule has 0 saturated carbocycles. The maximum atomic E-state index is 12.4. The number of piperidine rings is 1. The van der Waals surface area contributed by atoms with Crippen molar-refractivity contribution in [3.05, 3.63) is 0 Å². The highest BCUT2D eigenvalue weighted by molar-refractivity contribution is 5.89. The molecule has 2 aliphatic rings. The van der Waals surface area contributed by atoms with Crippen molar-refractivity contribution < 1.29 is 4.79 Å². The summed E-state index contributed by atoms with van der Waals surface area (Å²) in [5, 5.41) is 0. The highest BCUT2D eigenvalue weighted by Gasteiger charge is 2.54. The number of carbonyl (C=O) groups excluding carboxylic acids is 1. The van der Waals surface area contributed by atoms with E-state index in [1.807, 2.05) is 4.90 Å². The maximum Gasteiger partial charge on any atom is 0.232 e. The van der Waals surface area contributed by atoms with Gasteiger partial charge < -0.3 is 9.80 Å². The SMILES string of the molecule is CCC(CC)CN1CCC[C@@]2(C1)CN(C(C)C)C2=O. The summed E-state index contributed by atoms with van der Waals surface area (Å²) in [5.74, 6) is 1.21. The van der Waals surface area contributed by atoms with Gasteiger partial charge in [-0.15, -0.1) is 0 Å². The third-order valence-electron chi connectivity index (χ3n) is 5.14. The normalized spacial score (nSPS) is 28.5. The van der Waals surface area contributed by atoms with Crippen LogP contribution in [0.1, 0.15) is 53.4 Å². The number of hydrogen-bond acceptors (Lipinski definition) is 2. The van der Waals surface area contributed by atoms with E-state index in [0.29, 0.717) is 11.9 Å². The zero-order chi connectivity index (χ0) is 14.0. The summed E-state index contributed by atoms with van der Waals surface area (Å²) in [6.07, 6.45) is 4.81. The monoisotopic (exact) mass is 266 g/mol. The van der Waals surface area contributed by atoms with Gasteiger partial charge in [0, 0.05) is 25.7 Å². The van der Waals surface area contributed by atoms with E-state index in [4.69, 9.17) is 0 Å². The van der Waals surface area contributed by atoms with Gasteiger partial charge in [-0.25, -0.2) is 0 Å². The molecule has 2 saturated heterocycles. The van der Waals surface area contributed by atoms with Gasteiger partial charge >= 0.3 is 0 Å². The van der Waals surface area contributed by atoms with Gasteiger partial charge in [0.15, 0.2) is 0 Å². The molecule has 2 fully saturated rings. The Hall–Kier alpha value is -0.570. The third kappa shape index (κ3) is 2.81. The first-order valence-corrected chi connectivity index (χ1v) is 8.06. The Labute approximate surface area is 118 Å². The van der Waals surface area contributed by atoms with Gasteiger partial charge in [0.1, 0.15) is 0 Å². The Balaban J connectivity index is 1.93. The molecule has 0 N–H and O–H groups in total. The van der Waals surface area contributed by atoms with Crippen molar-refractivity contribution in [2.75, 3.05) is 26.2 Å². The summed E-state index contributed by atoms with van der Waals surface area (Å²) in [5.41, 5.74) is -0.0193. The molecule has 2 rings (SSSR count). The van der Waals surface area contributed by atoms with Gasteiger partial charge in [0.25, 0.3) is 0 Å². The lowest BCUT2D eigenvalue weighted by Crippen LogP contribution is -2.68. The molecule has 0 radical (unpaired) electrons. The van der Waals surface area contributed by atoms with Crippen LogP contribution in [0, 0.1) is 11.3 Å². The molecule has 0 unspecified atom stereocenters. The number of nitrogens with zero attached hydrogens (tertiary/aromatic N) is 2. The number of rotatable bonds is 5. The van der Waals surface area contributed by atoms with E-state index in [1.54, 1.807) is 0 Å². The smallest absolute Gasteiger partial charge is 0.232 e. The second kappa shape index (κ2) is 5.82. The van der Waals surface area contributed by atoms with Crippen LogP contribution >= 0.6 is 0 Å². The summed E-state index contributed by atoms with van der Waals surface area (Å²) in [6.45, 7) is 13.2. The number of β-lactam (4-membered cyclic amide) rings is 1. The Bertz CT molecular complexity index is 325. The summed E-state index contributed by atoms with van der Waals surface area (Å²) in [6, 6.07) is 0.368. The Kier molecular flexibility index (Phi) is 4.54. The molecule has 3 nitrogen and oxygen atoms in total. The maximum absolute atomic E-state index is 12.4. The molecule has 0 aliphatic carbocycles. The first kappa shape index (κ1) is 14.8. The topological polar surface area (TPSA) is 23.6 Å². The molecule has 1 atom stereocenters. The average Bonchev–Trinajstić information content (AvgIpc) is 2.42. The van der Waals surface area contributed by atoms with E-state index in [-0.39, 0.29) is 5.41 Å². The lowest BCUT2D eigenvalue weighted by atomic mass is 9.71. The largest absolute Gasteiger partial charge is 0.339 e. The van der Waals surface area contributed by atoms with Crippen molar-refractivity contribution in [2.45, 2.75) is 59.4 Å². The minimum Gasteiger partial charge on any atom is -0.339 e. The van der Waals surface area contributed by atoms with Crippen LogP contribution in [0.25, 0.3) is 0 Å². The first-order valence-electron chi connectivity index (χ1n) is 8.06. The highest BCUT2D eigenvalue weighted by Crippen LogP contribution is 2.41.